The summed E-state index contributed by atoms with van der Waals surface area (Å²) in [6.07, 6.45) is -3.45. The van der Waals surface area contributed by atoms with Crippen molar-refractivity contribution in [3.63, 3.8) is 0 Å². The first-order chi connectivity index (χ1) is 14.1. The summed E-state index contributed by atoms with van der Waals surface area (Å²) in [5.74, 6) is 0. The van der Waals surface area contributed by atoms with Gasteiger partial charge in [-0.05, 0) is 11.1 Å². The first-order valence-electron chi connectivity index (χ1n) is 9.42. The zero-order valence-electron chi connectivity index (χ0n) is 15.6. The number of fused-ring (bicyclic) bond motifs is 2. The van der Waals surface area contributed by atoms with Gasteiger partial charge in [-0.15, -0.1) is 0 Å². The van der Waals surface area contributed by atoms with Gasteiger partial charge in [-0.3, -0.25) is 0 Å². The summed E-state index contributed by atoms with van der Waals surface area (Å²) in [7, 11) is 0. The largest absolute Gasteiger partial charge is 0.443 e. The zero-order chi connectivity index (χ0) is 20.4. The molecule has 2 aromatic rings. The van der Waals surface area contributed by atoms with Crippen molar-refractivity contribution in [1.29, 1.82) is 0 Å². The van der Waals surface area contributed by atoms with E-state index < -0.39 is 36.5 Å². The number of carbonyl (C=O) groups is 2. The van der Waals surface area contributed by atoms with Gasteiger partial charge in [0.25, 0.3) is 0 Å². The Morgan fingerprint density at radius 2 is 1.31 bits per heavy atom. The standard InChI is InChI=1S/C21H22N2O6/c24-17-11-16-19(25)18(17)23(21(27)29-13-15-9-5-2-6-10-15)22(16)20(26)28-12-14-7-3-1-4-8-14/h1-10,16-19,24-25H,11-13H2/t16-,17?,18+,19+/m1/s1. The third kappa shape index (κ3) is 3.76. The molecule has 0 radical (unpaired) electrons. The Hall–Kier alpha value is -3.10. The molecule has 0 spiro atoms. The first kappa shape index (κ1) is 19.2. The molecule has 0 aromatic heterocycles. The Balaban J connectivity index is 1.46. The van der Waals surface area contributed by atoms with E-state index in [9.17, 15) is 19.8 Å². The third-order valence-electron chi connectivity index (χ3n) is 5.23. The molecule has 2 bridgehead atoms. The molecule has 2 aromatic carbocycles. The Labute approximate surface area is 167 Å². The van der Waals surface area contributed by atoms with E-state index in [1.165, 1.54) is 0 Å². The van der Waals surface area contributed by atoms with E-state index in [1.54, 1.807) is 12.1 Å². The van der Waals surface area contributed by atoms with E-state index in [0.717, 1.165) is 21.1 Å². The number of hydrazine groups is 1. The topological polar surface area (TPSA) is 99.5 Å². The molecule has 2 amide bonds. The Bertz CT molecular complexity index is 862. The Kier molecular flexibility index (Phi) is 5.37. The fourth-order valence-corrected chi connectivity index (χ4v) is 3.84. The van der Waals surface area contributed by atoms with Gasteiger partial charge in [0, 0.05) is 6.42 Å². The van der Waals surface area contributed by atoms with Gasteiger partial charge in [-0.1, -0.05) is 60.7 Å². The van der Waals surface area contributed by atoms with Crippen molar-refractivity contribution in [2.24, 2.45) is 0 Å². The number of amides is 2. The highest BCUT2D eigenvalue weighted by Gasteiger charge is 2.61. The molecule has 1 saturated heterocycles. The molecule has 2 N–H and O–H groups in total. The fourth-order valence-electron chi connectivity index (χ4n) is 3.84. The van der Waals surface area contributed by atoms with Gasteiger partial charge in [0.2, 0.25) is 0 Å². The summed E-state index contributed by atoms with van der Waals surface area (Å²) in [5, 5.41) is 22.7. The minimum Gasteiger partial charge on any atom is -0.443 e. The molecular weight excluding hydrogens is 376 g/mol. The van der Waals surface area contributed by atoms with Crippen LogP contribution in [0.4, 0.5) is 9.59 Å². The predicted octanol–water partition coefficient (Wildman–Crippen LogP) is 2.06. The highest BCUT2D eigenvalue weighted by molar-refractivity contribution is 5.76. The molecule has 1 aliphatic heterocycles. The average Bonchev–Trinajstić information content (AvgIpc) is 3.19. The van der Waals surface area contributed by atoms with Crippen LogP contribution in [-0.4, -0.2) is 56.7 Å². The van der Waals surface area contributed by atoms with Crippen molar-refractivity contribution >= 4 is 12.2 Å². The monoisotopic (exact) mass is 398 g/mol. The lowest BCUT2D eigenvalue weighted by Gasteiger charge is -2.37. The first-order valence-corrected chi connectivity index (χ1v) is 9.42. The van der Waals surface area contributed by atoms with E-state index in [-0.39, 0.29) is 19.6 Å². The highest BCUT2D eigenvalue weighted by atomic mass is 16.6. The maximum atomic E-state index is 12.7. The van der Waals surface area contributed by atoms with Gasteiger partial charge in [0.1, 0.15) is 25.4 Å². The maximum absolute atomic E-state index is 12.7. The van der Waals surface area contributed by atoms with Crippen molar-refractivity contribution in [1.82, 2.24) is 10.0 Å². The number of aliphatic hydroxyl groups is 2. The van der Waals surface area contributed by atoms with E-state index in [1.807, 2.05) is 48.5 Å². The normalized spacial score (nSPS) is 25.2. The number of benzene rings is 2. The van der Waals surface area contributed by atoms with E-state index in [4.69, 9.17) is 9.47 Å². The summed E-state index contributed by atoms with van der Waals surface area (Å²) in [4.78, 5) is 25.4. The lowest BCUT2D eigenvalue weighted by atomic mass is 10.2. The molecule has 2 aliphatic rings. The van der Waals surface area contributed by atoms with Crippen LogP contribution in [0.3, 0.4) is 0 Å². The molecule has 1 heterocycles. The van der Waals surface area contributed by atoms with Gasteiger partial charge in [-0.25, -0.2) is 19.6 Å². The molecule has 1 saturated carbocycles. The summed E-state index contributed by atoms with van der Waals surface area (Å²) < 4.78 is 10.7. The molecule has 152 valence electrons. The van der Waals surface area contributed by atoms with E-state index in [2.05, 4.69) is 0 Å². The molecule has 1 unspecified atom stereocenters. The lowest BCUT2D eigenvalue weighted by molar-refractivity contribution is -0.0773. The second-order valence-corrected chi connectivity index (χ2v) is 7.12. The van der Waals surface area contributed by atoms with Gasteiger partial charge in [0.05, 0.1) is 12.1 Å². The van der Waals surface area contributed by atoms with Crippen LogP contribution >= 0.6 is 0 Å². The summed E-state index contributed by atoms with van der Waals surface area (Å²) in [5.41, 5.74) is 1.58. The van der Waals surface area contributed by atoms with Crippen molar-refractivity contribution in [2.75, 3.05) is 0 Å². The van der Waals surface area contributed by atoms with Gasteiger partial charge in [-0.2, -0.15) is 0 Å². The van der Waals surface area contributed by atoms with Crippen molar-refractivity contribution in [3.8, 4) is 0 Å². The second kappa shape index (κ2) is 8.10. The van der Waals surface area contributed by atoms with Crippen LogP contribution in [-0.2, 0) is 22.7 Å². The smallest absolute Gasteiger partial charge is 0.429 e. The molecule has 8 nitrogen and oxygen atoms in total. The van der Waals surface area contributed by atoms with Crippen molar-refractivity contribution < 1.29 is 29.3 Å². The van der Waals surface area contributed by atoms with Crippen LogP contribution in [0.5, 0.6) is 0 Å². The predicted molar refractivity (Wildman–Crippen MR) is 101 cm³/mol. The minimum absolute atomic E-state index is 0.00660. The van der Waals surface area contributed by atoms with Crippen molar-refractivity contribution in [3.05, 3.63) is 71.8 Å². The number of hydrogen-bond donors (Lipinski definition) is 2. The Morgan fingerprint density at radius 3 is 1.83 bits per heavy atom. The van der Waals surface area contributed by atoms with Crippen molar-refractivity contribution in [2.45, 2.75) is 43.9 Å². The molecule has 4 rings (SSSR count). The number of nitrogens with zero attached hydrogens (tertiary/aromatic N) is 2. The molecule has 1 aliphatic carbocycles. The highest BCUT2D eigenvalue weighted by Crippen LogP contribution is 2.39. The van der Waals surface area contributed by atoms with Crippen LogP contribution in [0.2, 0.25) is 0 Å². The number of aliphatic hydroxyl groups excluding tert-OH is 2. The van der Waals surface area contributed by atoms with Crippen LogP contribution in [0.25, 0.3) is 0 Å². The number of rotatable bonds is 4. The summed E-state index contributed by atoms with van der Waals surface area (Å²) in [6, 6.07) is 16.5. The van der Waals surface area contributed by atoms with Crippen LogP contribution in [0.1, 0.15) is 17.5 Å². The molecule has 29 heavy (non-hydrogen) atoms. The average molecular weight is 398 g/mol. The molecule has 4 atom stereocenters. The molecule has 8 heteroatoms. The quantitative estimate of drug-likeness (QED) is 0.818. The van der Waals surface area contributed by atoms with Crippen LogP contribution < -0.4 is 0 Å². The minimum atomic E-state index is -1.07. The van der Waals surface area contributed by atoms with Crippen LogP contribution in [0, 0.1) is 0 Å². The molecule has 2 fully saturated rings. The maximum Gasteiger partial charge on any atom is 0.429 e. The zero-order valence-corrected chi connectivity index (χ0v) is 15.6. The SMILES string of the molecule is O=C(OCc1ccccc1)N1[C@@H]2CC(O)[C@@H]([C@H]2O)N1C(=O)OCc1ccccc1. The third-order valence-corrected chi connectivity index (χ3v) is 5.23. The van der Waals surface area contributed by atoms with Gasteiger partial charge in [0.15, 0.2) is 0 Å². The van der Waals surface area contributed by atoms with E-state index in [0.29, 0.717) is 0 Å². The number of hydrogen-bond acceptors (Lipinski definition) is 6. The summed E-state index contributed by atoms with van der Waals surface area (Å²) >= 11 is 0. The second-order valence-electron chi connectivity index (χ2n) is 7.12. The van der Waals surface area contributed by atoms with E-state index >= 15 is 0 Å². The van der Waals surface area contributed by atoms with Gasteiger partial charge >= 0.3 is 12.2 Å². The lowest BCUT2D eigenvalue weighted by Crippen LogP contribution is -2.57. The van der Waals surface area contributed by atoms with Crippen LogP contribution in [0.15, 0.2) is 60.7 Å². The fraction of sp³-hybridized carbons (Fsp3) is 0.333. The summed E-state index contributed by atoms with van der Waals surface area (Å²) in [6.45, 7) is 0.0335. The Morgan fingerprint density at radius 1 is 0.828 bits per heavy atom. The molecular formula is C21H22N2O6. The number of ether oxygens (including phenoxy) is 2. The number of carbonyl (C=O) groups excluding carboxylic acids is 2. The van der Waals surface area contributed by atoms with Gasteiger partial charge < -0.3 is 19.7 Å².